The molecule has 2 aromatic carbocycles. The van der Waals surface area contributed by atoms with Gasteiger partial charge in [0.05, 0.1) is 11.3 Å². The third-order valence-electron chi connectivity index (χ3n) is 3.68. The fourth-order valence-electron chi connectivity index (χ4n) is 2.39. The number of aromatic nitrogens is 1. The molecule has 1 N–H and O–H groups in total. The van der Waals surface area contributed by atoms with Crippen molar-refractivity contribution in [2.75, 3.05) is 11.1 Å². The van der Waals surface area contributed by atoms with Crippen LogP contribution in [0.1, 0.15) is 12.0 Å². The molecule has 5 heteroatoms. The monoisotopic (exact) mass is 359 g/mol. The van der Waals surface area contributed by atoms with E-state index in [2.05, 4.69) is 16.4 Å². The Morgan fingerprint density at radius 2 is 1.69 bits per heavy atom. The molecule has 3 aromatic rings. The van der Waals surface area contributed by atoms with Gasteiger partial charge in [-0.2, -0.15) is 5.26 Å². The lowest BCUT2D eigenvalue weighted by Gasteiger charge is -2.07. The molecule has 1 heterocycles. The van der Waals surface area contributed by atoms with Crippen molar-refractivity contribution < 1.29 is 4.79 Å². The summed E-state index contributed by atoms with van der Waals surface area (Å²) in [5.41, 5.74) is 3.13. The Morgan fingerprint density at radius 3 is 2.38 bits per heavy atom. The molecular weight excluding hydrogens is 342 g/mol. The Labute approximate surface area is 156 Å². The first-order valence-electron chi connectivity index (χ1n) is 8.20. The highest BCUT2D eigenvalue weighted by Crippen LogP contribution is 2.25. The van der Waals surface area contributed by atoms with Gasteiger partial charge in [-0.15, -0.1) is 11.8 Å². The number of amides is 1. The minimum Gasteiger partial charge on any atom is -0.326 e. The summed E-state index contributed by atoms with van der Waals surface area (Å²) in [6, 6.07) is 25.0. The molecule has 1 aromatic heterocycles. The van der Waals surface area contributed by atoms with Gasteiger partial charge in [0, 0.05) is 23.4 Å². The third kappa shape index (κ3) is 4.71. The molecule has 128 valence electrons. The average molecular weight is 359 g/mol. The van der Waals surface area contributed by atoms with E-state index >= 15 is 0 Å². The van der Waals surface area contributed by atoms with Crippen LogP contribution in [-0.4, -0.2) is 16.6 Å². The highest BCUT2D eigenvalue weighted by Gasteiger charge is 2.09. The molecule has 0 fully saturated rings. The summed E-state index contributed by atoms with van der Waals surface area (Å²) in [5, 5.41) is 12.8. The van der Waals surface area contributed by atoms with Crippen LogP contribution >= 0.6 is 11.8 Å². The zero-order valence-electron chi connectivity index (χ0n) is 14.1. The van der Waals surface area contributed by atoms with E-state index in [1.807, 2.05) is 66.7 Å². The van der Waals surface area contributed by atoms with Gasteiger partial charge >= 0.3 is 0 Å². The molecule has 0 aliphatic rings. The number of nitrogens with one attached hydrogen (secondary N) is 1. The minimum absolute atomic E-state index is 0.0542. The molecule has 0 saturated heterocycles. The molecule has 26 heavy (non-hydrogen) atoms. The Bertz CT molecular complexity index is 921. The first-order valence-corrected chi connectivity index (χ1v) is 9.19. The van der Waals surface area contributed by atoms with Crippen LogP contribution in [0.15, 0.2) is 77.8 Å². The van der Waals surface area contributed by atoms with Crippen molar-refractivity contribution >= 4 is 23.4 Å². The van der Waals surface area contributed by atoms with Crippen LogP contribution in [-0.2, 0) is 4.79 Å². The van der Waals surface area contributed by atoms with Gasteiger partial charge in [0.1, 0.15) is 11.1 Å². The molecule has 0 unspecified atom stereocenters. The van der Waals surface area contributed by atoms with Crippen molar-refractivity contribution in [3.05, 3.63) is 78.4 Å². The lowest BCUT2D eigenvalue weighted by molar-refractivity contribution is -0.115. The first kappa shape index (κ1) is 17.7. The first-order chi connectivity index (χ1) is 12.8. The van der Waals surface area contributed by atoms with Crippen molar-refractivity contribution in [3.63, 3.8) is 0 Å². The van der Waals surface area contributed by atoms with Crippen LogP contribution < -0.4 is 5.32 Å². The van der Waals surface area contributed by atoms with Gasteiger partial charge in [-0.25, -0.2) is 4.98 Å². The van der Waals surface area contributed by atoms with Gasteiger partial charge in [-0.3, -0.25) is 4.79 Å². The van der Waals surface area contributed by atoms with Crippen LogP contribution in [0.5, 0.6) is 0 Å². The molecule has 0 radical (unpaired) electrons. The number of nitrogens with zero attached hydrogens (tertiary/aromatic N) is 2. The van der Waals surface area contributed by atoms with Crippen molar-refractivity contribution in [1.82, 2.24) is 4.98 Å². The zero-order valence-corrected chi connectivity index (χ0v) is 14.9. The second-order valence-corrected chi connectivity index (χ2v) is 6.62. The van der Waals surface area contributed by atoms with Crippen molar-refractivity contribution in [3.8, 4) is 17.3 Å². The number of pyridine rings is 1. The molecule has 0 spiro atoms. The summed E-state index contributed by atoms with van der Waals surface area (Å²) >= 11 is 1.42. The normalized spacial score (nSPS) is 10.1. The maximum atomic E-state index is 12.0. The van der Waals surface area contributed by atoms with E-state index in [0.29, 0.717) is 22.8 Å². The van der Waals surface area contributed by atoms with Gasteiger partial charge in [0.25, 0.3) is 0 Å². The van der Waals surface area contributed by atoms with E-state index < -0.39 is 0 Å². The number of hydrogen-bond donors (Lipinski definition) is 1. The number of anilines is 1. The predicted molar refractivity (Wildman–Crippen MR) is 105 cm³/mol. The largest absolute Gasteiger partial charge is 0.326 e. The molecular formula is C21H17N3OS. The van der Waals surface area contributed by atoms with Crippen molar-refractivity contribution in [2.24, 2.45) is 0 Å². The van der Waals surface area contributed by atoms with Gasteiger partial charge in [0.15, 0.2) is 0 Å². The van der Waals surface area contributed by atoms with Crippen LogP contribution in [0.2, 0.25) is 0 Å². The number of benzene rings is 2. The van der Waals surface area contributed by atoms with Gasteiger partial charge in [-0.05, 0) is 24.3 Å². The summed E-state index contributed by atoms with van der Waals surface area (Å²) in [5.74, 6) is 0.500. The number of carbonyl (C=O) groups is 1. The number of para-hydroxylation sites is 1. The van der Waals surface area contributed by atoms with Gasteiger partial charge in [-0.1, -0.05) is 48.5 Å². The minimum atomic E-state index is -0.0542. The maximum Gasteiger partial charge on any atom is 0.225 e. The Morgan fingerprint density at radius 1 is 1.00 bits per heavy atom. The lowest BCUT2D eigenvalue weighted by atomic mass is 10.1. The highest BCUT2D eigenvalue weighted by atomic mass is 32.2. The summed E-state index contributed by atoms with van der Waals surface area (Å²) in [4.78, 5) is 16.6. The van der Waals surface area contributed by atoms with E-state index in [4.69, 9.17) is 0 Å². The number of thioether (sulfide) groups is 1. The Hall–Kier alpha value is -3.10. The molecule has 4 nitrogen and oxygen atoms in total. The van der Waals surface area contributed by atoms with Crippen LogP contribution in [0.25, 0.3) is 11.3 Å². The molecule has 0 aliphatic heterocycles. The number of hydrogen-bond acceptors (Lipinski definition) is 4. The van der Waals surface area contributed by atoms with E-state index in [1.165, 1.54) is 11.8 Å². The zero-order chi connectivity index (χ0) is 18.2. The van der Waals surface area contributed by atoms with Crippen molar-refractivity contribution in [2.45, 2.75) is 11.4 Å². The van der Waals surface area contributed by atoms with Crippen LogP contribution in [0.3, 0.4) is 0 Å². The topological polar surface area (TPSA) is 65.8 Å². The predicted octanol–water partition coefficient (Wildman–Crippen LogP) is 4.74. The van der Waals surface area contributed by atoms with E-state index in [0.717, 1.165) is 16.9 Å². The smallest absolute Gasteiger partial charge is 0.225 e. The summed E-state index contributed by atoms with van der Waals surface area (Å²) in [6.07, 6.45) is 0.349. The molecule has 3 rings (SSSR count). The molecule has 0 bridgehead atoms. The number of nitriles is 1. The van der Waals surface area contributed by atoms with Crippen LogP contribution in [0, 0.1) is 11.3 Å². The molecule has 0 aliphatic carbocycles. The third-order valence-corrected chi connectivity index (χ3v) is 4.67. The van der Waals surface area contributed by atoms with Gasteiger partial charge < -0.3 is 5.32 Å². The van der Waals surface area contributed by atoms with E-state index in [1.54, 1.807) is 6.07 Å². The van der Waals surface area contributed by atoms with Gasteiger partial charge in [0.2, 0.25) is 5.91 Å². The molecule has 0 atom stereocenters. The Kier molecular flexibility index (Phi) is 6.02. The number of rotatable bonds is 6. The average Bonchev–Trinajstić information content (AvgIpc) is 2.69. The Balaban J connectivity index is 1.63. The highest BCUT2D eigenvalue weighted by molar-refractivity contribution is 7.99. The second-order valence-electron chi connectivity index (χ2n) is 5.54. The molecule has 1 amide bonds. The lowest BCUT2D eigenvalue weighted by Crippen LogP contribution is -2.12. The summed E-state index contributed by atoms with van der Waals surface area (Å²) in [6.45, 7) is 0. The number of carbonyl (C=O) groups excluding carboxylic acids is 1. The van der Waals surface area contributed by atoms with E-state index in [9.17, 15) is 10.1 Å². The standard InChI is InChI=1S/C21H17N3OS/c22-15-17-11-12-19(16-7-3-1-4-8-16)24-21(17)26-14-13-20(25)23-18-9-5-2-6-10-18/h1-12H,13-14H2,(H,23,25). The SMILES string of the molecule is N#Cc1ccc(-c2ccccc2)nc1SCCC(=O)Nc1ccccc1. The fraction of sp³-hybridized carbons (Fsp3) is 0.0952. The van der Waals surface area contributed by atoms with Crippen LogP contribution in [0.4, 0.5) is 5.69 Å². The second kappa shape index (κ2) is 8.84. The quantitative estimate of drug-likeness (QED) is 0.646. The van der Waals surface area contributed by atoms with E-state index in [-0.39, 0.29) is 5.91 Å². The summed E-state index contributed by atoms with van der Waals surface area (Å²) < 4.78 is 0. The van der Waals surface area contributed by atoms with Crippen molar-refractivity contribution in [1.29, 1.82) is 5.26 Å². The maximum absolute atomic E-state index is 12.0. The summed E-state index contributed by atoms with van der Waals surface area (Å²) in [7, 11) is 0. The fourth-order valence-corrected chi connectivity index (χ4v) is 3.30. The molecule has 0 saturated carbocycles.